The highest BCUT2D eigenvalue weighted by Gasteiger charge is 2.43. The summed E-state index contributed by atoms with van der Waals surface area (Å²) in [5, 5.41) is 26.8. The molecule has 0 aromatic heterocycles. The van der Waals surface area contributed by atoms with E-state index in [9.17, 15) is 24.3 Å². The Kier molecular flexibility index (Phi) is 20.8. The van der Waals surface area contributed by atoms with Crippen molar-refractivity contribution in [1.82, 2.24) is 25.8 Å². The van der Waals surface area contributed by atoms with Crippen molar-refractivity contribution < 1.29 is 33.8 Å². The van der Waals surface area contributed by atoms with Crippen LogP contribution in [0.15, 0.2) is 40.6 Å². The van der Waals surface area contributed by atoms with E-state index in [1.807, 2.05) is 47.6 Å². The molecule has 1 aromatic rings. The average molecular weight is 800 g/mol. The standard InChI is InChI=1S/C39H65N11O7/c1-11-25(6)34(49(10)39(55)33(24(4)5)46-38(54)32(42-9)23(2)3)30(56-21-43-47-40)20-31(51)50-19-15-18-29(50)36(57-22-44-48-41)26(7)37(53)45-27(8)35(52)28-16-13-12-14-17-28/h12-14,16-17,23-27,29-30,32-36,42,52H,11,15,18-22H2,1-10H3,(H,45,53)(H,46,54)/t25-,26+,27+,29-,30+,32-,33-,34-,35+,36+/m0/s1. The van der Waals surface area contributed by atoms with Crippen molar-refractivity contribution in [3.05, 3.63) is 56.8 Å². The second-order valence-electron chi connectivity index (χ2n) is 15.6. The molecule has 2 rings (SSSR count). The fourth-order valence-electron chi connectivity index (χ4n) is 7.55. The summed E-state index contributed by atoms with van der Waals surface area (Å²) in [6.45, 7) is 14.3. The summed E-state index contributed by atoms with van der Waals surface area (Å²) in [7, 11) is 3.32. The predicted molar refractivity (Wildman–Crippen MR) is 216 cm³/mol. The Labute approximate surface area is 337 Å². The Hall–Kier alpha value is -4.44. The fourth-order valence-corrected chi connectivity index (χ4v) is 7.55. The number of azide groups is 2. The van der Waals surface area contributed by atoms with Gasteiger partial charge in [-0.1, -0.05) is 95.4 Å². The first-order valence-corrected chi connectivity index (χ1v) is 19.9. The zero-order valence-electron chi connectivity index (χ0n) is 35.2. The van der Waals surface area contributed by atoms with E-state index in [1.54, 1.807) is 57.1 Å². The highest BCUT2D eigenvalue weighted by molar-refractivity contribution is 5.90. The molecule has 0 bridgehead atoms. The molecule has 18 nitrogen and oxygen atoms in total. The maximum atomic E-state index is 14.4. The number of hydrogen-bond acceptors (Lipinski definition) is 10. The van der Waals surface area contributed by atoms with Gasteiger partial charge >= 0.3 is 0 Å². The van der Waals surface area contributed by atoms with Crippen LogP contribution in [0.1, 0.15) is 92.7 Å². The van der Waals surface area contributed by atoms with Gasteiger partial charge in [0.2, 0.25) is 23.6 Å². The lowest BCUT2D eigenvalue weighted by Crippen LogP contribution is -2.59. The van der Waals surface area contributed by atoms with Gasteiger partial charge in [-0.3, -0.25) is 19.2 Å². The summed E-state index contributed by atoms with van der Waals surface area (Å²) in [5.74, 6) is -2.75. The molecule has 10 atom stereocenters. The van der Waals surface area contributed by atoms with Gasteiger partial charge in [-0.15, -0.1) is 0 Å². The molecule has 4 N–H and O–H groups in total. The molecule has 0 unspecified atom stereocenters. The number of carbonyl (C=O) groups excluding carboxylic acids is 4. The summed E-state index contributed by atoms with van der Waals surface area (Å²) < 4.78 is 12.1. The van der Waals surface area contributed by atoms with Gasteiger partial charge in [-0.25, -0.2) is 0 Å². The normalized spacial score (nSPS) is 18.8. The van der Waals surface area contributed by atoms with Crippen LogP contribution in [0.3, 0.4) is 0 Å². The predicted octanol–water partition coefficient (Wildman–Crippen LogP) is 4.81. The Morgan fingerprint density at radius 2 is 1.53 bits per heavy atom. The first kappa shape index (κ1) is 48.7. The van der Waals surface area contributed by atoms with Crippen LogP contribution < -0.4 is 16.0 Å². The molecule has 0 radical (unpaired) electrons. The second-order valence-corrected chi connectivity index (χ2v) is 15.6. The minimum Gasteiger partial charge on any atom is -0.386 e. The summed E-state index contributed by atoms with van der Waals surface area (Å²) in [6.07, 6.45) is -1.29. The lowest BCUT2D eigenvalue weighted by atomic mass is 9.89. The number of aliphatic hydroxyl groups is 1. The number of amides is 4. The maximum absolute atomic E-state index is 14.4. The van der Waals surface area contributed by atoms with E-state index in [0.717, 1.165) is 0 Å². The Bertz CT molecular complexity index is 1540. The van der Waals surface area contributed by atoms with Crippen LogP contribution in [0.2, 0.25) is 0 Å². The van der Waals surface area contributed by atoms with Crippen molar-refractivity contribution in [2.45, 2.75) is 130 Å². The van der Waals surface area contributed by atoms with Gasteiger partial charge in [0.25, 0.3) is 0 Å². The summed E-state index contributed by atoms with van der Waals surface area (Å²) in [4.78, 5) is 64.4. The molecule has 1 aromatic carbocycles. The maximum Gasteiger partial charge on any atom is 0.245 e. The van der Waals surface area contributed by atoms with E-state index < -0.39 is 67.1 Å². The molecule has 0 saturated carbocycles. The van der Waals surface area contributed by atoms with Gasteiger partial charge in [0.05, 0.1) is 54.8 Å². The van der Waals surface area contributed by atoms with Crippen molar-refractivity contribution in [3.63, 3.8) is 0 Å². The van der Waals surface area contributed by atoms with E-state index in [0.29, 0.717) is 31.4 Å². The van der Waals surface area contributed by atoms with Crippen LogP contribution in [0.5, 0.6) is 0 Å². The van der Waals surface area contributed by atoms with Gasteiger partial charge < -0.3 is 40.3 Å². The lowest BCUT2D eigenvalue weighted by molar-refractivity contribution is -0.149. The van der Waals surface area contributed by atoms with E-state index >= 15 is 0 Å². The summed E-state index contributed by atoms with van der Waals surface area (Å²) in [6, 6.07) is 5.63. The van der Waals surface area contributed by atoms with Crippen molar-refractivity contribution >= 4 is 23.6 Å². The third-order valence-corrected chi connectivity index (χ3v) is 11.0. The first-order valence-electron chi connectivity index (χ1n) is 19.9. The zero-order chi connectivity index (χ0) is 42.8. The van der Waals surface area contributed by atoms with Crippen LogP contribution in [0, 0.1) is 23.7 Å². The van der Waals surface area contributed by atoms with Crippen molar-refractivity contribution in [1.29, 1.82) is 0 Å². The van der Waals surface area contributed by atoms with Gasteiger partial charge in [0.1, 0.15) is 19.5 Å². The molecule has 1 fully saturated rings. The Morgan fingerprint density at radius 3 is 2.07 bits per heavy atom. The molecular formula is C39H65N11O7. The molecule has 1 heterocycles. The minimum atomic E-state index is -0.974. The molecule has 57 heavy (non-hydrogen) atoms. The van der Waals surface area contributed by atoms with Gasteiger partial charge in [-0.05, 0) is 61.2 Å². The van der Waals surface area contributed by atoms with Crippen LogP contribution in [-0.4, -0.2) is 115 Å². The van der Waals surface area contributed by atoms with Crippen molar-refractivity contribution in [2.75, 3.05) is 34.1 Å². The number of aliphatic hydroxyl groups excluding tert-OH is 1. The number of benzene rings is 1. The number of hydrogen-bond donors (Lipinski definition) is 4. The molecule has 318 valence electrons. The summed E-state index contributed by atoms with van der Waals surface area (Å²) in [5.41, 5.74) is 18.7. The third kappa shape index (κ3) is 13.9. The quantitative estimate of drug-likeness (QED) is 0.0641. The van der Waals surface area contributed by atoms with Gasteiger partial charge in [-0.2, -0.15) is 0 Å². The van der Waals surface area contributed by atoms with Crippen LogP contribution in [0.25, 0.3) is 20.9 Å². The molecule has 1 saturated heterocycles. The molecule has 0 aliphatic carbocycles. The zero-order valence-corrected chi connectivity index (χ0v) is 35.2. The highest BCUT2D eigenvalue weighted by Crippen LogP contribution is 2.30. The number of likely N-dealkylation sites (N-methyl/N-ethyl adjacent to an activating group) is 2. The van der Waals surface area contributed by atoms with Crippen LogP contribution in [-0.2, 0) is 28.7 Å². The largest absolute Gasteiger partial charge is 0.386 e. The molecule has 18 heteroatoms. The molecule has 1 aliphatic heterocycles. The number of rotatable bonds is 24. The van der Waals surface area contributed by atoms with Crippen LogP contribution in [0.4, 0.5) is 0 Å². The van der Waals surface area contributed by atoms with Gasteiger partial charge in [0, 0.05) is 23.4 Å². The molecule has 4 amide bonds. The number of carbonyl (C=O) groups is 4. The fraction of sp³-hybridized carbons (Fsp3) is 0.744. The molecule has 0 spiro atoms. The van der Waals surface area contributed by atoms with E-state index in [1.165, 1.54) is 4.90 Å². The number of ether oxygens (including phenoxy) is 2. The highest BCUT2D eigenvalue weighted by atomic mass is 16.5. The summed E-state index contributed by atoms with van der Waals surface area (Å²) >= 11 is 0. The monoisotopic (exact) mass is 800 g/mol. The first-order chi connectivity index (χ1) is 27.0. The van der Waals surface area contributed by atoms with E-state index in [4.69, 9.17) is 20.5 Å². The minimum absolute atomic E-state index is 0.0278. The third-order valence-electron chi connectivity index (χ3n) is 11.0. The second kappa shape index (κ2) is 24.4. The molecular weight excluding hydrogens is 734 g/mol. The van der Waals surface area contributed by atoms with E-state index in [-0.39, 0.29) is 48.6 Å². The van der Waals surface area contributed by atoms with Crippen molar-refractivity contribution in [3.8, 4) is 0 Å². The lowest BCUT2D eigenvalue weighted by Gasteiger charge is -2.41. The number of nitrogens with one attached hydrogen (secondary N) is 3. The number of likely N-dealkylation sites (tertiary alicyclic amines) is 1. The Balaban J connectivity index is 2.43. The topological polar surface area (TPSA) is 247 Å². The van der Waals surface area contributed by atoms with Gasteiger partial charge in [0.15, 0.2) is 0 Å². The molecule has 1 aliphatic rings. The Morgan fingerprint density at radius 1 is 0.930 bits per heavy atom. The SMILES string of the molecule is CC[C@H](C)[C@@H]([C@@H](CC(=O)N1CCC[C@H]1[C@H](OCN=[N+]=[N-])[C@@H](C)C(=O)N[C@H](C)[C@@H](O)c1ccccc1)OCN=[N+]=[N-])N(C)C(=O)[C@@H](NC(=O)[C@@H](NC)C(C)C)C(C)C. The average Bonchev–Trinajstić information content (AvgIpc) is 3.68. The number of nitrogens with zero attached hydrogens (tertiary/aromatic N) is 8. The van der Waals surface area contributed by atoms with Crippen molar-refractivity contribution in [2.24, 2.45) is 33.9 Å². The van der Waals surface area contributed by atoms with E-state index in [2.05, 4.69) is 36.0 Å². The smallest absolute Gasteiger partial charge is 0.245 e. The van der Waals surface area contributed by atoms with Crippen LogP contribution >= 0.6 is 0 Å².